The molecule has 2 heterocycles. The number of nitrogens with one attached hydrogen (secondary N) is 2. The van der Waals surface area contributed by atoms with E-state index < -0.39 is 18.0 Å². The second-order valence-electron chi connectivity index (χ2n) is 6.74. The minimum atomic E-state index is -0.782. The summed E-state index contributed by atoms with van der Waals surface area (Å²) in [7, 11) is 0. The zero-order valence-electron chi connectivity index (χ0n) is 15.3. The van der Waals surface area contributed by atoms with E-state index in [0.717, 1.165) is 12.8 Å². The summed E-state index contributed by atoms with van der Waals surface area (Å²) in [4.78, 5) is 37.5. The Labute approximate surface area is 164 Å². The molecule has 0 spiro atoms. The average Bonchev–Trinajstić information content (AvgIpc) is 3.24. The Hall–Kier alpha value is -2.00. The summed E-state index contributed by atoms with van der Waals surface area (Å²) < 4.78 is 9.90. The summed E-state index contributed by atoms with van der Waals surface area (Å²) in [6.45, 7) is 8.39. The van der Waals surface area contributed by atoms with Crippen LogP contribution in [0.3, 0.4) is 0 Å². The molecule has 2 N–H and O–H groups in total. The third-order valence-electron chi connectivity index (χ3n) is 4.65. The molecule has 2 aliphatic heterocycles. The maximum atomic E-state index is 12.2. The SMILES string of the molecule is C=CCOC(=O)NC(=O)[C@@H]1CC(C[C@@H]2C[C@H](S)CN2C(=O)OCC=C)CN1. The minimum Gasteiger partial charge on any atom is -0.445 e. The molecular weight excluding hydrogens is 370 g/mol. The van der Waals surface area contributed by atoms with Crippen LogP contribution in [0.4, 0.5) is 9.59 Å². The summed E-state index contributed by atoms with van der Waals surface area (Å²) in [5, 5.41) is 5.45. The van der Waals surface area contributed by atoms with Gasteiger partial charge in [-0.15, -0.1) is 0 Å². The van der Waals surface area contributed by atoms with Crippen molar-refractivity contribution < 1.29 is 23.9 Å². The third-order valence-corrected chi connectivity index (χ3v) is 5.03. The van der Waals surface area contributed by atoms with E-state index >= 15 is 0 Å². The molecule has 3 amide bonds. The van der Waals surface area contributed by atoms with Crippen LogP contribution in [0.25, 0.3) is 0 Å². The van der Waals surface area contributed by atoms with Crippen LogP contribution in [-0.4, -0.2) is 66.6 Å². The van der Waals surface area contributed by atoms with E-state index in [-0.39, 0.29) is 36.5 Å². The van der Waals surface area contributed by atoms with E-state index in [1.165, 1.54) is 12.2 Å². The van der Waals surface area contributed by atoms with Gasteiger partial charge in [-0.1, -0.05) is 25.3 Å². The summed E-state index contributed by atoms with van der Waals surface area (Å²) in [6.07, 6.45) is 3.94. The molecular formula is C18H27N3O5S. The van der Waals surface area contributed by atoms with Crippen LogP contribution in [0, 0.1) is 5.92 Å². The first-order chi connectivity index (χ1) is 12.9. The van der Waals surface area contributed by atoms with Gasteiger partial charge < -0.3 is 19.7 Å². The van der Waals surface area contributed by atoms with E-state index in [2.05, 4.69) is 36.4 Å². The fraction of sp³-hybridized carbons (Fsp3) is 0.611. The molecule has 9 heteroatoms. The maximum Gasteiger partial charge on any atom is 0.414 e. The summed E-state index contributed by atoms with van der Waals surface area (Å²) in [6, 6.07) is -0.434. The number of hydrogen-bond donors (Lipinski definition) is 3. The molecule has 2 rings (SSSR count). The number of carbonyl (C=O) groups excluding carboxylic acids is 3. The highest BCUT2D eigenvalue weighted by atomic mass is 32.1. The Morgan fingerprint density at radius 1 is 1.19 bits per heavy atom. The number of nitrogens with zero attached hydrogens (tertiary/aromatic N) is 1. The molecule has 2 fully saturated rings. The molecule has 0 aromatic heterocycles. The van der Waals surface area contributed by atoms with Crippen molar-refractivity contribution in [3.63, 3.8) is 0 Å². The van der Waals surface area contributed by atoms with Gasteiger partial charge in [0, 0.05) is 17.8 Å². The van der Waals surface area contributed by atoms with Crippen molar-refractivity contribution >= 4 is 30.7 Å². The van der Waals surface area contributed by atoms with Gasteiger partial charge in [-0.25, -0.2) is 9.59 Å². The lowest BCUT2D eigenvalue weighted by molar-refractivity contribution is -0.122. The molecule has 0 aromatic rings. The molecule has 0 radical (unpaired) electrons. The number of thiol groups is 1. The fourth-order valence-electron chi connectivity index (χ4n) is 3.48. The van der Waals surface area contributed by atoms with Crippen LogP contribution in [0.1, 0.15) is 19.3 Å². The Morgan fingerprint density at radius 3 is 2.59 bits per heavy atom. The largest absolute Gasteiger partial charge is 0.445 e. The second-order valence-corrected chi connectivity index (χ2v) is 7.47. The number of amides is 3. The Morgan fingerprint density at radius 2 is 1.89 bits per heavy atom. The van der Waals surface area contributed by atoms with Crippen LogP contribution in [-0.2, 0) is 14.3 Å². The Kier molecular flexibility index (Phi) is 8.18. The van der Waals surface area contributed by atoms with E-state index in [4.69, 9.17) is 9.47 Å². The first-order valence-corrected chi connectivity index (χ1v) is 9.50. The molecule has 0 saturated carbocycles. The van der Waals surface area contributed by atoms with Crippen molar-refractivity contribution in [1.82, 2.24) is 15.5 Å². The highest BCUT2D eigenvalue weighted by Crippen LogP contribution is 2.30. The number of carbonyl (C=O) groups is 3. The van der Waals surface area contributed by atoms with Crippen molar-refractivity contribution in [2.24, 2.45) is 5.92 Å². The predicted octanol–water partition coefficient (Wildman–Crippen LogP) is 1.49. The van der Waals surface area contributed by atoms with Gasteiger partial charge in [0.05, 0.1) is 6.04 Å². The van der Waals surface area contributed by atoms with Gasteiger partial charge in [-0.2, -0.15) is 12.6 Å². The lowest BCUT2D eigenvalue weighted by Gasteiger charge is -2.25. The monoisotopic (exact) mass is 397 g/mol. The van der Waals surface area contributed by atoms with Gasteiger partial charge in [0.1, 0.15) is 13.2 Å². The van der Waals surface area contributed by atoms with Gasteiger partial charge in [0.25, 0.3) is 0 Å². The first kappa shape index (κ1) is 21.3. The lowest BCUT2D eigenvalue weighted by atomic mass is 9.95. The van der Waals surface area contributed by atoms with Crippen molar-refractivity contribution in [1.29, 1.82) is 0 Å². The summed E-state index contributed by atoms with van der Waals surface area (Å²) in [5.74, 6) is -0.199. The third kappa shape index (κ3) is 6.28. The van der Waals surface area contributed by atoms with Crippen LogP contribution < -0.4 is 10.6 Å². The number of ether oxygens (including phenoxy) is 2. The average molecular weight is 397 g/mol. The van der Waals surface area contributed by atoms with Gasteiger partial charge in [-0.05, 0) is 31.7 Å². The van der Waals surface area contributed by atoms with Crippen molar-refractivity contribution in [3.8, 4) is 0 Å². The minimum absolute atomic E-state index is 0.0241. The van der Waals surface area contributed by atoms with Gasteiger partial charge >= 0.3 is 12.2 Å². The van der Waals surface area contributed by atoms with Crippen LogP contribution in [0.15, 0.2) is 25.3 Å². The zero-order chi connectivity index (χ0) is 19.8. The number of rotatable bonds is 7. The van der Waals surface area contributed by atoms with E-state index in [9.17, 15) is 14.4 Å². The van der Waals surface area contributed by atoms with Crippen LogP contribution in [0.2, 0.25) is 0 Å². The van der Waals surface area contributed by atoms with Crippen LogP contribution in [0.5, 0.6) is 0 Å². The Balaban J connectivity index is 1.82. The lowest BCUT2D eigenvalue weighted by Crippen LogP contribution is -2.43. The standard InChI is InChI=1S/C18H27N3O5S/c1-3-5-25-17(23)20-16(22)15-8-12(10-19-15)7-13-9-14(27)11-21(13)18(24)26-6-4-2/h3-4,12-15,19,27H,1-2,5-11H2,(H,20,22,23)/t12?,13-,14+,15+/m1/s1. The molecule has 0 aromatic carbocycles. The molecule has 0 aliphatic carbocycles. The molecule has 27 heavy (non-hydrogen) atoms. The quantitative estimate of drug-likeness (QED) is 0.445. The maximum absolute atomic E-state index is 12.2. The van der Waals surface area contributed by atoms with Crippen molar-refractivity contribution in [3.05, 3.63) is 25.3 Å². The molecule has 0 bridgehead atoms. The zero-order valence-corrected chi connectivity index (χ0v) is 16.2. The Bertz CT molecular complexity index is 585. The summed E-state index contributed by atoms with van der Waals surface area (Å²) in [5.41, 5.74) is 0. The normalized spacial score (nSPS) is 27.1. The van der Waals surface area contributed by atoms with Crippen LogP contribution >= 0.6 is 12.6 Å². The van der Waals surface area contributed by atoms with E-state index in [1.54, 1.807) is 4.90 Å². The van der Waals surface area contributed by atoms with Gasteiger partial charge in [-0.3, -0.25) is 10.1 Å². The molecule has 2 aliphatic rings. The highest BCUT2D eigenvalue weighted by molar-refractivity contribution is 7.81. The fourth-order valence-corrected chi connectivity index (χ4v) is 3.90. The second kappa shape index (κ2) is 10.4. The number of imide groups is 1. The van der Waals surface area contributed by atoms with Gasteiger partial charge in [0.15, 0.2) is 0 Å². The number of alkyl carbamates (subject to hydrolysis) is 1. The predicted molar refractivity (Wildman–Crippen MR) is 104 cm³/mol. The van der Waals surface area contributed by atoms with Crippen molar-refractivity contribution in [2.75, 3.05) is 26.3 Å². The topological polar surface area (TPSA) is 97.0 Å². The molecule has 150 valence electrons. The van der Waals surface area contributed by atoms with Gasteiger partial charge in [0.2, 0.25) is 5.91 Å². The highest BCUT2D eigenvalue weighted by Gasteiger charge is 2.38. The first-order valence-electron chi connectivity index (χ1n) is 8.98. The van der Waals surface area contributed by atoms with E-state index in [0.29, 0.717) is 19.5 Å². The smallest absolute Gasteiger partial charge is 0.414 e. The molecule has 2 saturated heterocycles. The molecule has 1 unspecified atom stereocenters. The molecule has 4 atom stereocenters. The molecule has 8 nitrogen and oxygen atoms in total. The summed E-state index contributed by atoms with van der Waals surface area (Å²) >= 11 is 4.50. The number of likely N-dealkylation sites (tertiary alicyclic amines) is 1. The number of hydrogen-bond acceptors (Lipinski definition) is 7. The van der Waals surface area contributed by atoms with E-state index in [1.807, 2.05) is 0 Å². The van der Waals surface area contributed by atoms with Crippen molar-refractivity contribution in [2.45, 2.75) is 36.6 Å².